The second kappa shape index (κ2) is 13.3. The van der Waals surface area contributed by atoms with Crippen molar-refractivity contribution in [3.63, 3.8) is 0 Å². The minimum atomic E-state index is -1.21. The minimum Gasteiger partial charge on any atom is -0.395 e. The van der Waals surface area contributed by atoms with Crippen LogP contribution in [0.3, 0.4) is 0 Å². The Balaban J connectivity index is 0. The molecule has 2 atom stereocenters. The van der Waals surface area contributed by atoms with Crippen molar-refractivity contribution in [2.75, 3.05) is 46.2 Å². The lowest BCUT2D eigenvalue weighted by molar-refractivity contribution is 0.0697. The lowest BCUT2D eigenvalue weighted by Crippen LogP contribution is -2.50. The maximum atomic E-state index is 8.46. The van der Waals surface area contributed by atoms with Crippen molar-refractivity contribution in [3.8, 4) is 0 Å². The van der Waals surface area contributed by atoms with Crippen LogP contribution >= 0.6 is 23.2 Å². The monoisotopic (exact) mass is 323 g/mol. The van der Waals surface area contributed by atoms with E-state index in [1.54, 1.807) is 0 Å². The molecule has 118 valence electrons. The maximum Gasteiger partial charge on any atom is 0.0856 e. The molecule has 2 unspecified atom stereocenters. The molecule has 0 rings (SSSR count). The van der Waals surface area contributed by atoms with E-state index in [-0.39, 0.29) is 26.4 Å². The summed E-state index contributed by atoms with van der Waals surface area (Å²) in [5.41, 5.74) is 3.94. The number of aliphatic hydroxyl groups excluding tert-OH is 5. The first-order valence-electron chi connectivity index (χ1n) is 5.58. The van der Waals surface area contributed by atoms with Crippen molar-refractivity contribution in [1.29, 1.82) is 0 Å². The van der Waals surface area contributed by atoms with Gasteiger partial charge >= 0.3 is 0 Å². The first-order valence-corrected chi connectivity index (χ1v) is 6.45. The second-order valence-corrected chi connectivity index (χ2v) is 5.17. The van der Waals surface area contributed by atoms with Crippen molar-refractivity contribution < 1.29 is 30.3 Å². The van der Waals surface area contributed by atoms with Crippen LogP contribution in [0, 0.1) is 0 Å². The van der Waals surface area contributed by atoms with Gasteiger partial charge in [-0.3, -0.25) is 0 Å². The molecule has 0 heterocycles. The molecule has 19 heavy (non-hydrogen) atoms. The molecule has 0 aliphatic carbocycles. The van der Waals surface area contributed by atoms with E-state index in [1.165, 1.54) is 0 Å². The zero-order chi connectivity index (χ0) is 15.3. The van der Waals surface area contributed by atoms with Gasteiger partial charge in [0, 0.05) is 0 Å². The zero-order valence-electron chi connectivity index (χ0n) is 10.6. The van der Waals surface area contributed by atoms with Crippen molar-refractivity contribution in [2.45, 2.75) is 16.3 Å². The van der Waals surface area contributed by atoms with Crippen LogP contribution in [-0.4, -0.2) is 88.1 Å². The fourth-order valence-corrected chi connectivity index (χ4v) is 0.757. The number of hydrogen-bond donors (Lipinski definition) is 6. The molecule has 0 amide bonds. The molecule has 7 nitrogen and oxygen atoms in total. The molecule has 0 aliphatic rings. The first kappa shape index (κ1) is 21.6. The molecular weight excluding hydrogens is 301 g/mol. The predicted octanol–water partition coefficient (Wildman–Crippen LogP) is -2.14. The van der Waals surface area contributed by atoms with E-state index in [0.717, 1.165) is 0 Å². The number of ether oxygens (including phenoxy) is 1. The number of alkyl halides is 2. The Morgan fingerprint density at radius 2 is 1.16 bits per heavy atom. The number of hydrogen-bond acceptors (Lipinski definition) is 7. The van der Waals surface area contributed by atoms with Crippen LogP contribution in [0.15, 0.2) is 0 Å². The van der Waals surface area contributed by atoms with Gasteiger partial charge in [-0.2, -0.15) is 0 Å². The standard InChI is InChI=1S/C6H12Cl2O3.C4H11NO3/c7-5(1-9)3-11-4-6(8)2-10;5-4(1-6,2-7)3-8/h5-6,9-10H,1-4H2;6-8H,1-3,5H2. The lowest BCUT2D eigenvalue weighted by atomic mass is 10.1. The predicted molar refractivity (Wildman–Crippen MR) is 72.4 cm³/mol. The fraction of sp³-hybridized carbons (Fsp3) is 1.00. The van der Waals surface area contributed by atoms with E-state index in [2.05, 4.69) is 0 Å². The molecule has 9 heteroatoms. The van der Waals surface area contributed by atoms with Gasteiger partial charge in [0.05, 0.1) is 62.5 Å². The Hall–Kier alpha value is 0.300. The van der Waals surface area contributed by atoms with Crippen LogP contribution in [0.5, 0.6) is 0 Å². The third kappa shape index (κ3) is 13.1. The highest BCUT2D eigenvalue weighted by molar-refractivity contribution is 6.21. The van der Waals surface area contributed by atoms with E-state index in [0.29, 0.717) is 0 Å². The quantitative estimate of drug-likeness (QED) is 0.266. The van der Waals surface area contributed by atoms with Crippen LogP contribution in [-0.2, 0) is 4.74 Å². The van der Waals surface area contributed by atoms with Crippen LogP contribution in [0.2, 0.25) is 0 Å². The number of rotatable bonds is 9. The highest BCUT2D eigenvalue weighted by Gasteiger charge is 2.20. The number of aliphatic hydroxyl groups is 5. The van der Waals surface area contributed by atoms with Gasteiger partial charge in [-0.05, 0) is 0 Å². The van der Waals surface area contributed by atoms with Gasteiger partial charge in [-0.25, -0.2) is 0 Å². The summed E-state index contributed by atoms with van der Waals surface area (Å²) in [6.45, 7) is -0.941. The Kier molecular flexibility index (Phi) is 15.1. The van der Waals surface area contributed by atoms with E-state index in [4.69, 9.17) is 59.2 Å². The van der Waals surface area contributed by atoms with Gasteiger partial charge in [-0.15, -0.1) is 23.2 Å². The summed E-state index contributed by atoms with van der Waals surface area (Å²) in [6.07, 6.45) is 0. The van der Waals surface area contributed by atoms with Gasteiger partial charge in [-0.1, -0.05) is 0 Å². The van der Waals surface area contributed by atoms with E-state index in [1.807, 2.05) is 0 Å². The summed E-state index contributed by atoms with van der Waals surface area (Å²) in [5.74, 6) is 0. The minimum absolute atomic E-state index is 0.117. The summed E-state index contributed by atoms with van der Waals surface area (Å²) >= 11 is 11.0. The van der Waals surface area contributed by atoms with Gasteiger partial charge < -0.3 is 36.0 Å². The molecule has 0 saturated heterocycles. The van der Waals surface area contributed by atoms with E-state index < -0.39 is 36.1 Å². The van der Waals surface area contributed by atoms with E-state index >= 15 is 0 Å². The third-order valence-corrected chi connectivity index (χ3v) is 2.47. The highest BCUT2D eigenvalue weighted by atomic mass is 35.5. The van der Waals surface area contributed by atoms with Gasteiger partial charge in [0.1, 0.15) is 0 Å². The normalized spacial score (nSPS) is 14.5. The lowest BCUT2D eigenvalue weighted by Gasteiger charge is -2.20. The average Bonchev–Trinajstić information content (AvgIpc) is 2.46. The van der Waals surface area contributed by atoms with Gasteiger partial charge in [0.2, 0.25) is 0 Å². The fourth-order valence-electron chi connectivity index (χ4n) is 0.579. The molecular formula is C10H23Cl2NO6. The Morgan fingerprint density at radius 3 is 1.32 bits per heavy atom. The van der Waals surface area contributed by atoms with Crippen LogP contribution in [0.1, 0.15) is 0 Å². The number of nitrogens with two attached hydrogens (primary N) is 1. The second-order valence-electron chi connectivity index (χ2n) is 3.93. The number of halogens is 2. The van der Waals surface area contributed by atoms with Crippen LogP contribution < -0.4 is 5.73 Å². The zero-order valence-corrected chi connectivity index (χ0v) is 12.1. The smallest absolute Gasteiger partial charge is 0.0856 e. The molecule has 0 aromatic heterocycles. The summed E-state index contributed by atoms with van der Waals surface area (Å²) in [6, 6.07) is 0. The SMILES string of the molecule is NC(CO)(CO)CO.OCC(Cl)COCC(Cl)CO. The molecule has 0 aromatic carbocycles. The van der Waals surface area contributed by atoms with Gasteiger partial charge in [0.25, 0.3) is 0 Å². The van der Waals surface area contributed by atoms with Crippen molar-refractivity contribution in [2.24, 2.45) is 5.73 Å². The van der Waals surface area contributed by atoms with Gasteiger partial charge in [0.15, 0.2) is 0 Å². The molecule has 0 saturated carbocycles. The first-order chi connectivity index (χ1) is 8.88. The topological polar surface area (TPSA) is 136 Å². The Labute approximate surface area is 122 Å². The van der Waals surface area contributed by atoms with Crippen LogP contribution in [0.4, 0.5) is 0 Å². The Morgan fingerprint density at radius 1 is 0.842 bits per heavy atom. The Bertz CT molecular complexity index is 179. The molecule has 0 aromatic rings. The average molecular weight is 324 g/mol. The molecule has 0 bridgehead atoms. The molecule has 0 aliphatic heterocycles. The van der Waals surface area contributed by atoms with Crippen LogP contribution in [0.25, 0.3) is 0 Å². The molecule has 0 radical (unpaired) electrons. The summed E-state index contributed by atoms with van der Waals surface area (Å²) in [5, 5.41) is 41.2. The molecule has 0 spiro atoms. The van der Waals surface area contributed by atoms with Crippen molar-refractivity contribution >= 4 is 23.2 Å². The largest absolute Gasteiger partial charge is 0.395 e. The molecule has 0 fully saturated rings. The summed E-state index contributed by atoms with van der Waals surface area (Å²) in [4.78, 5) is 0. The van der Waals surface area contributed by atoms with Crippen molar-refractivity contribution in [3.05, 3.63) is 0 Å². The summed E-state index contributed by atoms with van der Waals surface area (Å²) in [7, 11) is 0. The maximum absolute atomic E-state index is 8.46. The third-order valence-electron chi connectivity index (χ3n) is 1.94. The van der Waals surface area contributed by atoms with E-state index in [9.17, 15) is 0 Å². The summed E-state index contributed by atoms with van der Waals surface area (Å²) < 4.78 is 4.96. The molecule has 7 N–H and O–H groups in total. The van der Waals surface area contributed by atoms with Crippen molar-refractivity contribution in [1.82, 2.24) is 0 Å². The highest BCUT2D eigenvalue weighted by Crippen LogP contribution is 1.99.